The maximum absolute atomic E-state index is 13.1. The van der Waals surface area contributed by atoms with Crippen LogP contribution in [0, 0.1) is 12.7 Å². The molecule has 8 heteroatoms. The molecular weight excluding hydrogens is 429 g/mol. The average Bonchev–Trinajstić information content (AvgIpc) is 3.23. The van der Waals surface area contributed by atoms with Gasteiger partial charge in [0, 0.05) is 29.2 Å². The number of nitrogens with one attached hydrogen (secondary N) is 1. The zero-order chi connectivity index (χ0) is 22.5. The van der Waals surface area contributed by atoms with Gasteiger partial charge in [0.1, 0.15) is 5.82 Å². The molecule has 1 aromatic heterocycles. The van der Waals surface area contributed by atoms with Crippen molar-refractivity contribution in [1.29, 1.82) is 0 Å². The molecule has 3 aromatic carbocycles. The van der Waals surface area contributed by atoms with E-state index in [1.165, 1.54) is 19.2 Å². The Labute approximate surface area is 188 Å². The van der Waals surface area contributed by atoms with Crippen molar-refractivity contribution in [2.24, 2.45) is 0 Å². The Morgan fingerprint density at radius 2 is 1.78 bits per heavy atom. The molecule has 0 fully saturated rings. The topological polar surface area (TPSA) is 73.3 Å². The van der Waals surface area contributed by atoms with Crippen molar-refractivity contribution in [3.8, 4) is 16.7 Å². The Morgan fingerprint density at radius 1 is 1.03 bits per heavy atom. The maximum Gasteiger partial charge on any atom is 0.298 e. The van der Waals surface area contributed by atoms with E-state index in [9.17, 15) is 9.18 Å². The molecule has 6 nitrogen and oxygen atoms in total. The van der Waals surface area contributed by atoms with Crippen molar-refractivity contribution in [3.63, 3.8) is 0 Å². The maximum atomic E-state index is 13.1. The van der Waals surface area contributed by atoms with E-state index in [-0.39, 0.29) is 11.7 Å². The van der Waals surface area contributed by atoms with Crippen LogP contribution in [0.25, 0.3) is 0 Å². The summed E-state index contributed by atoms with van der Waals surface area (Å²) >= 11 is 1.09. The van der Waals surface area contributed by atoms with Crippen molar-refractivity contribution < 1.29 is 18.7 Å². The van der Waals surface area contributed by atoms with E-state index in [1.54, 1.807) is 30.3 Å². The minimum Gasteiger partial charge on any atom is -0.493 e. The molecule has 32 heavy (non-hydrogen) atoms. The molecule has 0 atom stereocenters. The van der Waals surface area contributed by atoms with Crippen LogP contribution in [0.4, 0.5) is 10.1 Å². The van der Waals surface area contributed by atoms with Crippen molar-refractivity contribution in [1.82, 2.24) is 9.36 Å². The number of halogens is 1. The fourth-order valence-corrected chi connectivity index (χ4v) is 3.53. The molecule has 1 amide bonds. The SMILES string of the molecule is COc1ccc(C(=O)Nc2ccc(C)cc2)cc1Oc1nc(Cc2ccc(F)cc2)ns1. The van der Waals surface area contributed by atoms with Crippen LogP contribution in [-0.2, 0) is 6.42 Å². The van der Waals surface area contributed by atoms with Gasteiger partial charge in [-0.15, -0.1) is 0 Å². The van der Waals surface area contributed by atoms with E-state index < -0.39 is 0 Å². The summed E-state index contributed by atoms with van der Waals surface area (Å²) in [7, 11) is 1.52. The van der Waals surface area contributed by atoms with Crippen LogP contribution >= 0.6 is 11.5 Å². The smallest absolute Gasteiger partial charge is 0.298 e. The number of benzene rings is 3. The number of nitrogens with zero attached hydrogens (tertiary/aromatic N) is 2. The zero-order valence-corrected chi connectivity index (χ0v) is 18.3. The van der Waals surface area contributed by atoms with E-state index >= 15 is 0 Å². The molecular formula is C24H20FN3O3S. The second-order valence-corrected chi connectivity index (χ2v) is 7.78. The normalized spacial score (nSPS) is 10.6. The molecule has 0 radical (unpaired) electrons. The first-order valence-corrected chi connectivity index (χ1v) is 10.6. The summed E-state index contributed by atoms with van der Waals surface area (Å²) in [5.41, 5.74) is 3.12. The van der Waals surface area contributed by atoms with Crippen LogP contribution in [0.3, 0.4) is 0 Å². The third-order valence-corrected chi connectivity index (χ3v) is 5.29. The molecule has 4 aromatic rings. The van der Waals surface area contributed by atoms with Gasteiger partial charge in [0.2, 0.25) is 0 Å². The summed E-state index contributed by atoms with van der Waals surface area (Å²) in [6.07, 6.45) is 0.455. The van der Waals surface area contributed by atoms with Gasteiger partial charge >= 0.3 is 0 Å². The fourth-order valence-electron chi connectivity index (χ4n) is 2.97. The highest BCUT2D eigenvalue weighted by atomic mass is 32.1. The molecule has 1 heterocycles. The summed E-state index contributed by atoms with van der Waals surface area (Å²) in [5, 5.41) is 3.18. The molecule has 0 spiro atoms. The van der Waals surface area contributed by atoms with E-state index in [0.29, 0.717) is 40.2 Å². The third-order valence-electron chi connectivity index (χ3n) is 4.66. The lowest BCUT2D eigenvalue weighted by molar-refractivity contribution is 0.102. The molecule has 0 aliphatic heterocycles. The highest BCUT2D eigenvalue weighted by Crippen LogP contribution is 2.33. The first-order chi connectivity index (χ1) is 15.5. The molecule has 0 aliphatic carbocycles. The van der Waals surface area contributed by atoms with E-state index in [0.717, 1.165) is 22.7 Å². The molecule has 1 N–H and O–H groups in total. The molecule has 4 rings (SSSR count). The van der Waals surface area contributed by atoms with E-state index in [4.69, 9.17) is 9.47 Å². The molecule has 0 saturated heterocycles. The largest absolute Gasteiger partial charge is 0.493 e. The number of aryl methyl sites for hydroxylation is 1. The molecule has 0 unspecified atom stereocenters. The fraction of sp³-hybridized carbons (Fsp3) is 0.125. The van der Waals surface area contributed by atoms with Gasteiger partial charge in [0.25, 0.3) is 11.1 Å². The number of rotatable bonds is 7. The second kappa shape index (κ2) is 9.57. The van der Waals surface area contributed by atoms with Crippen LogP contribution in [0.2, 0.25) is 0 Å². The van der Waals surface area contributed by atoms with Gasteiger partial charge in [0.05, 0.1) is 7.11 Å². The van der Waals surface area contributed by atoms with Crippen molar-refractivity contribution in [2.45, 2.75) is 13.3 Å². The van der Waals surface area contributed by atoms with Crippen LogP contribution in [0.1, 0.15) is 27.3 Å². The predicted molar refractivity (Wildman–Crippen MR) is 121 cm³/mol. The average molecular weight is 450 g/mol. The van der Waals surface area contributed by atoms with Crippen LogP contribution < -0.4 is 14.8 Å². The Kier molecular flexibility index (Phi) is 6.42. The van der Waals surface area contributed by atoms with E-state index in [2.05, 4.69) is 14.7 Å². The number of ether oxygens (including phenoxy) is 2. The highest BCUT2D eigenvalue weighted by molar-refractivity contribution is 7.07. The summed E-state index contributed by atoms with van der Waals surface area (Å²) < 4.78 is 28.6. The van der Waals surface area contributed by atoms with Crippen molar-refractivity contribution in [3.05, 3.63) is 95.1 Å². The number of carbonyl (C=O) groups is 1. The van der Waals surface area contributed by atoms with E-state index in [1.807, 2.05) is 31.2 Å². The van der Waals surface area contributed by atoms with Crippen molar-refractivity contribution in [2.75, 3.05) is 12.4 Å². The zero-order valence-electron chi connectivity index (χ0n) is 17.5. The van der Waals surface area contributed by atoms with Gasteiger partial charge in [-0.25, -0.2) is 4.39 Å². The number of carbonyl (C=O) groups excluding carboxylic acids is 1. The molecule has 162 valence electrons. The Morgan fingerprint density at radius 3 is 2.50 bits per heavy atom. The predicted octanol–water partition coefficient (Wildman–Crippen LogP) is 5.63. The number of methoxy groups -OCH3 is 1. The van der Waals surface area contributed by atoms with Gasteiger partial charge < -0.3 is 14.8 Å². The summed E-state index contributed by atoms with van der Waals surface area (Å²) in [4.78, 5) is 17.1. The molecule has 0 bridgehead atoms. The summed E-state index contributed by atoms with van der Waals surface area (Å²) in [6.45, 7) is 1.98. The second-order valence-electron chi connectivity index (χ2n) is 7.07. The monoisotopic (exact) mass is 449 g/mol. The molecule has 0 saturated carbocycles. The Hall–Kier alpha value is -3.78. The third kappa shape index (κ3) is 5.28. The number of aromatic nitrogens is 2. The first kappa shape index (κ1) is 21.5. The minimum absolute atomic E-state index is 0.268. The van der Waals surface area contributed by atoms with Gasteiger partial charge in [-0.05, 0) is 55.0 Å². The standard InChI is InChI=1S/C24H20FN3O3S/c1-15-3-10-19(11-4-15)26-23(29)17-7-12-20(30-2)21(14-17)31-24-27-22(28-32-24)13-16-5-8-18(25)9-6-16/h3-12,14H,13H2,1-2H3,(H,26,29). The Balaban J connectivity index is 1.49. The lowest BCUT2D eigenvalue weighted by Gasteiger charge is -2.10. The van der Waals surface area contributed by atoms with Crippen LogP contribution in [-0.4, -0.2) is 22.4 Å². The van der Waals surface area contributed by atoms with Gasteiger partial charge in [0.15, 0.2) is 17.3 Å². The van der Waals surface area contributed by atoms with Crippen molar-refractivity contribution >= 4 is 23.1 Å². The van der Waals surface area contributed by atoms with Gasteiger partial charge in [-0.3, -0.25) is 4.79 Å². The lowest BCUT2D eigenvalue weighted by Crippen LogP contribution is -2.12. The number of anilines is 1. The first-order valence-electron chi connectivity index (χ1n) is 9.81. The summed E-state index contributed by atoms with van der Waals surface area (Å²) in [6, 6.07) is 18.7. The number of hydrogen-bond acceptors (Lipinski definition) is 6. The van der Waals surface area contributed by atoms with Gasteiger partial charge in [-0.1, -0.05) is 29.8 Å². The summed E-state index contributed by atoms with van der Waals surface area (Å²) in [5.74, 6) is 0.822. The minimum atomic E-state index is -0.289. The Bertz CT molecular complexity index is 1220. The number of amides is 1. The lowest BCUT2D eigenvalue weighted by atomic mass is 10.1. The van der Waals surface area contributed by atoms with Crippen LogP contribution in [0.5, 0.6) is 16.7 Å². The van der Waals surface area contributed by atoms with Crippen LogP contribution in [0.15, 0.2) is 66.7 Å². The quantitative estimate of drug-likeness (QED) is 0.396. The number of hydrogen-bond donors (Lipinski definition) is 1. The highest BCUT2D eigenvalue weighted by Gasteiger charge is 2.15. The van der Waals surface area contributed by atoms with Gasteiger partial charge in [-0.2, -0.15) is 9.36 Å². The molecule has 0 aliphatic rings.